The summed E-state index contributed by atoms with van der Waals surface area (Å²) >= 11 is 0. The van der Waals surface area contributed by atoms with E-state index in [9.17, 15) is 22.8 Å². The van der Waals surface area contributed by atoms with Crippen molar-refractivity contribution in [2.45, 2.75) is 6.18 Å². The number of alkyl halides is 3. The summed E-state index contributed by atoms with van der Waals surface area (Å²) in [5, 5.41) is 2.57. The SMILES string of the molecule is NC(=O)COc1ccccc1C(=O)Nc1ccc(OCC(F)(F)F)cc1. The molecule has 0 heterocycles. The largest absolute Gasteiger partial charge is 0.484 e. The van der Waals surface area contributed by atoms with Gasteiger partial charge in [-0.2, -0.15) is 13.2 Å². The number of benzene rings is 2. The van der Waals surface area contributed by atoms with Crippen LogP contribution in [-0.4, -0.2) is 31.2 Å². The molecule has 0 aliphatic carbocycles. The van der Waals surface area contributed by atoms with Crippen LogP contribution in [0.25, 0.3) is 0 Å². The number of rotatable bonds is 7. The third kappa shape index (κ3) is 6.00. The number of nitrogens with two attached hydrogens (primary N) is 1. The molecule has 0 radical (unpaired) electrons. The van der Waals surface area contributed by atoms with E-state index in [2.05, 4.69) is 10.1 Å². The summed E-state index contributed by atoms with van der Waals surface area (Å²) in [6, 6.07) is 11.6. The Morgan fingerprint density at radius 3 is 2.27 bits per heavy atom. The minimum Gasteiger partial charge on any atom is -0.484 e. The van der Waals surface area contributed by atoms with Gasteiger partial charge in [-0.05, 0) is 36.4 Å². The Morgan fingerprint density at radius 1 is 1.00 bits per heavy atom. The summed E-state index contributed by atoms with van der Waals surface area (Å²) in [5.41, 5.74) is 5.53. The van der Waals surface area contributed by atoms with Crippen molar-refractivity contribution in [3.63, 3.8) is 0 Å². The first kappa shape index (κ1) is 19.1. The number of nitrogens with one attached hydrogen (secondary N) is 1. The number of carbonyl (C=O) groups excluding carboxylic acids is 2. The van der Waals surface area contributed by atoms with E-state index in [1.807, 2.05) is 0 Å². The van der Waals surface area contributed by atoms with Crippen molar-refractivity contribution in [1.29, 1.82) is 0 Å². The van der Waals surface area contributed by atoms with Crippen molar-refractivity contribution in [2.24, 2.45) is 5.73 Å². The molecule has 2 amide bonds. The number of para-hydroxylation sites is 1. The van der Waals surface area contributed by atoms with Crippen LogP contribution in [0.2, 0.25) is 0 Å². The first-order chi connectivity index (χ1) is 12.2. The third-order valence-corrected chi connectivity index (χ3v) is 3.02. The van der Waals surface area contributed by atoms with Gasteiger partial charge in [0.25, 0.3) is 11.8 Å². The van der Waals surface area contributed by atoms with Gasteiger partial charge in [0, 0.05) is 5.69 Å². The average molecular weight is 368 g/mol. The fourth-order valence-electron chi connectivity index (χ4n) is 1.93. The summed E-state index contributed by atoms with van der Waals surface area (Å²) in [5.74, 6) is -1.01. The first-order valence-corrected chi connectivity index (χ1v) is 7.36. The lowest BCUT2D eigenvalue weighted by molar-refractivity contribution is -0.153. The van der Waals surface area contributed by atoms with Crippen LogP contribution in [0.5, 0.6) is 11.5 Å². The number of carbonyl (C=O) groups is 2. The molecule has 0 aliphatic rings. The Hall–Kier alpha value is -3.23. The molecule has 0 aromatic heterocycles. The van der Waals surface area contributed by atoms with E-state index >= 15 is 0 Å². The maximum absolute atomic E-state index is 12.3. The third-order valence-electron chi connectivity index (χ3n) is 3.02. The van der Waals surface area contributed by atoms with Gasteiger partial charge in [0.15, 0.2) is 13.2 Å². The average Bonchev–Trinajstić information content (AvgIpc) is 2.59. The zero-order valence-electron chi connectivity index (χ0n) is 13.4. The zero-order valence-corrected chi connectivity index (χ0v) is 13.4. The highest BCUT2D eigenvalue weighted by atomic mass is 19.4. The van der Waals surface area contributed by atoms with Crippen molar-refractivity contribution in [2.75, 3.05) is 18.5 Å². The molecule has 0 aliphatic heterocycles. The van der Waals surface area contributed by atoms with Crippen LogP contribution in [0.1, 0.15) is 10.4 Å². The lowest BCUT2D eigenvalue weighted by Gasteiger charge is -2.12. The Bertz CT molecular complexity index is 776. The van der Waals surface area contributed by atoms with Gasteiger partial charge in [-0.1, -0.05) is 12.1 Å². The number of primary amides is 1. The van der Waals surface area contributed by atoms with Gasteiger partial charge in [0.2, 0.25) is 0 Å². The predicted octanol–water partition coefficient (Wildman–Crippen LogP) is 2.74. The molecule has 138 valence electrons. The van der Waals surface area contributed by atoms with Gasteiger partial charge in [-0.25, -0.2) is 0 Å². The molecule has 0 unspecified atom stereocenters. The Morgan fingerprint density at radius 2 is 1.65 bits per heavy atom. The van der Waals surface area contributed by atoms with Crippen LogP contribution in [0.3, 0.4) is 0 Å². The standard InChI is InChI=1S/C17H15F3N2O4/c18-17(19,20)10-26-12-7-5-11(6-8-12)22-16(24)13-3-1-2-4-14(13)25-9-15(21)23/h1-8H,9-10H2,(H2,21,23)(H,22,24). The number of anilines is 1. The molecule has 2 aromatic carbocycles. The van der Waals surface area contributed by atoms with Crippen LogP contribution in [0.4, 0.5) is 18.9 Å². The number of halogens is 3. The molecule has 0 saturated carbocycles. The fraction of sp³-hybridized carbons (Fsp3) is 0.176. The van der Waals surface area contributed by atoms with Crippen molar-refractivity contribution >= 4 is 17.5 Å². The molecule has 2 aromatic rings. The highest BCUT2D eigenvalue weighted by Gasteiger charge is 2.28. The normalized spacial score (nSPS) is 10.9. The molecule has 0 fully saturated rings. The maximum atomic E-state index is 12.3. The number of amides is 2. The smallest absolute Gasteiger partial charge is 0.422 e. The van der Waals surface area contributed by atoms with Gasteiger partial charge in [0.05, 0.1) is 5.56 Å². The monoisotopic (exact) mass is 368 g/mol. The van der Waals surface area contributed by atoms with Crippen molar-refractivity contribution in [3.05, 3.63) is 54.1 Å². The second kappa shape index (κ2) is 8.24. The number of hydrogen-bond acceptors (Lipinski definition) is 4. The fourth-order valence-corrected chi connectivity index (χ4v) is 1.93. The number of ether oxygens (including phenoxy) is 2. The second-order valence-electron chi connectivity index (χ2n) is 5.13. The van der Waals surface area contributed by atoms with Gasteiger partial charge >= 0.3 is 6.18 Å². The van der Waals surface area contributed by atoms with Crippen molar-refractivity contribution in [3.8, 4) is 11.5 Å². The van der Waals surface area contributed by atoms with Gasteiger partial charge < -0.3 is 20.5 Å². The zero-order chi connectivity index (χ0) is 19.2. The van der Waals surface area contributed by atoms with E-state index in [-0.39, 0.29) is 23.7 Å². The molecule has 0 spiro atoms. The van der Waals surface area contributed by atoms with E-state index < -0.39 is 24.6 Å². The molecule has 0 atom stereocenters. The molecule has 3 N–H and O–H groups in total. The lowest BCUT2D eigenvalue weighted by atomic mass is 10.2. The molecule has 0 saturated heterocycles. The highest BCUT2D eigenvalue weighted by Crippen LogP contribution is 2.22. The van der Waals surface area contributed by atoms with Gasteiger partial charge in [0.1, 0.15) is 11.5 Å². The number of hydrogen-bond donors (Lipinski definition) is 2. The Kier molecular flexibility index (Phi) is 6.05. The van der Waals surface area contributed by atoms with Crippen LogP contribution in [0, 0.1) is 0 Å². The first-order valence-electron chi connectivity index (χ1n) is 7.36. The van der Waals surface area contributed by atoms with Crippen LogP contribution in [0.15, 0.2) is 48.5 Å². The topological polar surface area (TPSA) is 90.7 Å². The second-order valence-corrected chi connectivity index (χ2v) is 5.13. The molecular formula is C17H15F3N2O4. The summed E-state index contributed by atoms with van der Waals surface area (Å²) in [4.78, 5) is 23.1. The summed E-state index contributed by atoms with van der Waals surface area (Å²) in [7, 11) is 0. The minimum absolute atomic E-state index is 0.0190. The van der Waals surface area contributed by atoms with E-state index in [4.69, 9.17) is 10.5 Å². The Labute approximate surface area is 146 Å². The van der Waals surface area contributed by atoms with Gasteiger partial charge in [-0.15, -0.1) is 0 Å². The Balaban J connectivity index is 2.02. The van der Waals surface area contributed by atoms with Crippen LogP contribution in [-0.2, 0) is 4.79 Å². The van der Waals surface area contributed by atoms with E-state index in [0.29, 0.717) is 5.69 Å². The summed E-state index contributed by atoms with van der Waals surface area (Å²) in [6.07, 6.45) is -4.43. The highest BCUT2D eigenvalue weighted by molar-refractivity contribution is 6.06. The summed E-state index contributed by atoms with van der Waals surface area (Å²) in [6.45, 7) is -1.78. The molecule has 9 heteroatoms. The van der Waals surface area contributed by atoms with Crippen LogP contribution < -0.4 is 20.5 Å². The minimum atomic E-state index is -4.43. The summed E-state index contributed by atoms with van der Waals surface area (Å²) < 4.78 is 46.1. The van der Waals surface area contributed by atoms with Gasteiger partial charge in [-0.3, -0.25) is 9.59 Å². The molecule has 26 heavy (non-hydrogen) atoms. The van der Waals surface area contributed by atoms with Crippen molar-refractivity contribution < 1.29 is 32.2 Å². The van der Waals surface area contributed by atoms with E-state index in [0.717, 1.165) is 0 Å². The van der Waals surface area contributed by atoms with E-state index in [1.165, 1.54) is 36.4 Å². The van der Waals surface area contributed by atoms with E-state index in [1.54, 1.807) is 12.1 Å². The lowest BCUT2D eigenvalue weighted by Crippen LogP contribution is -2.21. The quantitative estimate of drug-likeness (QED) is 0.786. The van der Waals surface area contributed by atoms with Crippen LogP contribution >= 0.6 is 0 Å². The molecular weight excluding hydrogens is 353 g/mol. The molecule has 0 bridgehead atoms. The predicted molar refractivity (Wildman–Crippen MR) is 87.1 cm³/mol. The molecule has 2 rings (SSSR count). The molecule has 6 nitrogen and oxygen atoms in total. The van der Waals surface area contributed by atoms with Crippen molar-refractivity contribution in [1.82, 2.24) is 0 Å². The maximum Gasteiger partial charge on any atom is 0.422 e.